The van der Waals surface area contributed by atoms with Crippen molar-refractivity contribution in [2.75, 3.05) is 0 Å². The number of aromatic nitrogens is 1. The van der Waals surface area contributed by atoms with Crippen LogP contribution in [0.4, 0.5) is 0 Å². The number of nitrogens with zero attached hydrogens (tertiary/aromatic N) is 2. The van der Waals surface area contributed by atoms with Gasteiger partial charge in [0, 0.05) is 26.4 Å². The zero-order valence-electron chi connectivity index (χ0n) is 17.1. The average Bonchev–Trinajstić information content (AvgIpc) is 3.15. The molecule has 1 aliphatic rings. The molecule has 156 valence electrons. The van der Waals surface area contributed by atoms with Crippen LogP contribution < -0.4 is 0 Å². The molecule has 0 aliphatic carbocycles. The fourth-order valence-corrected chi connectivity index (χ4v) is 4.36. The molecule has 0 atom stereocenters. The van der Waals surface area contributed by atoms with Crippen molar-refractivity contribution in [1.29, 1.82) is 0 Å². The Morgan fingerprint density at radius 2 is 1.75 bits per heavy atom. The number of hydrogen-bond acceptors (Lipinski definition) is 5. The Morgan fingerprint density at radius 1 is 0.969 bits per heavy atom. The highest BCUT2D eigenvalue weighted by atomic mass is 35.5. The summed E-state index contributed by atoms with van der Waals surface area (Å²) in [6.07, 6.45) is 1.74. The van der Waals surface area contributed by atoms with Crippen LogP contribution in [0.1, 0.15) is 16.7 Å². The van der Waals surface area contributed by atoms with Gasteiger partial charge in [0.15, 0.2) is 5.70 Å². The number of fused-ring (bicyclic) bond motifs is 1. The molecular weight excluding hydrogens is 440 g/mol. The number of aryl methyl sites for hydroxylation is 1. The number of cyclic esters (lactones) is 1. The van der Waals surface area contributed by atoms with E-state index in [0.29, 0.717) is 10.6 Å². The van der Waals surface area contributed by atoms with Crippen molar-refractivity contribution in [3.8, 4) is 0 Å². The van der Waals surface area contributed by atoms with E-state index in [9.17, 15) is 4.79 Å². The van der Waals surface area contributed by atoms with Gasteiger partial charge in [0.1, 0.15) is 5.03 Å². The Bertz CT molecular complexity index is 1400. The monoisotopic (exact) mass is 456 g/mol. The molecule has 4 aromatic rings. The van der Waals surface area contributed by atoms with Crippen molar-refractivity contribution >= 4 is 52.2 Å². The largest absolute Gasteiger partial charge is 0.402 e. The van der Waals surface area contributed by atoms with E-state index in [2.05, 4.69) is 11.1 Å². The molecule has 4 nitrogen and oxygen atoms in total. The average molecular weight is 457 g/mol. The van der Waals surface area contributed by atoms with Gasteiger partial charge in [-0.05, 0) is 67.1 Å². The van der Waals surface area contributed by atoms with Gasteiger partial charge in [-0.25, -0.2) is 14.8 Å². The molecule has 0 amide bonds. The van der Waals surface area contributed by atoms with Crippen molar-refractivity contribution in [1.82, 2.24) is 4.98 Å². The Kier molecular flexibility index (Phi) is 5.52. The maximum absolute atomic E-state index is 12.5. The number of benzene rings is 3. The van der Waals surface area contributed by atoms with Crippen LogP contribution in [0.2, 0.25) is 5.02 Å². The first-order valence-electron chi connectivity index (χ1n) is 9.98. The molecule has 1 aromatic heterocycles. The predicted octanol–water partition coefficient (Wildman–Crippen LogP) is 6.69. The van der Waals surface area contributed by atoms with Crippen LogP contribution in [-0.2, 0) is 9.53 Å². The summed E-state index contributed by atoms with van der Waals surface area (Å²) in [6, 6.07) is 25.2. The van der Waals surface area contributed by atoms with Gasteiger partial charge in [0.25, 0.3) is 0 Å². The lowest BCUT2D eigenvalue weighted by atomic mass is 10.1. The number of esters is 1. The highest BCUT2D eigenvalue weighted by Crippen LogP contribution is 2.33. The number of halogens is 1. The summed E-state index contributed by atoms with van der Waals surface area (Å²) in [5, 5.41) is 2.40. The molecule has 1 aliphatic heterocycles. The van der Waals surface area contributed by atoms with Crippen LogP contribution in [0.25, 0.3) is 17.0 Å². The minimum absolute atomic E-state index is 0.234. The van der Waals surface area contributed by atoms with Crippen LogP contribution in [0.5, 0.6) is 0 Å². The first kappa shape index (κ1) is 20.5. The van der Waals surface area contributed by atoms with Gasteiger partial charge in [-0.2, -0.15) is 0 Å². The minimum atomic E-state index is -0.491. The number of pyridine rings is 1. The summed E-state index contributed by atoms with van der Waals surface area (Å²) >= 11 is 7.50. The van der Waals surface area contributed by atoms with E-state index in [-0.39, 0.29) is 11.6 Å². The molecule has 0 fully saturated rings. The van der Waals surface area contributed by atoms with E-state index < -0.39 is 5.97 Å². The van der Waals surface area contributed by atoms with E-state index >= 15 is 0 Å². The van der Waals surface area contributed by atoms with Gasteiger partial charge >= 0.3 is 5.97 Å². The first-order chi connectivity index (χ1) is 15.5. The lowest BCUT2D eigenvalue weighted by molar-refractivity contribution is -0.129. The summed E-state index contributed by atoms with van der Waals surface area (Å²) in [7, 11) is 0. The second-order valence-corrected chi connectivity index (χ2v) is 8.84. The second kappa shape index (κ2) is 8.61. The number of carbonyl (C=O) groups excluding carboxylic acids is 1. The lowest BCUT2D eigenvalue weighted by Gasteiger charge is -2.08. The fraction of sp³-hybridized carbons (Fsp3) is 0.0385. The van der Waals surface area contributed by atoms with Crippen molar-refractivity contribution in [3.05, 3.63) is 106 Å². The molecule has 3 aromatic carbocycles. The van der Waals surface area contributed by atoms with Crippen molar-refractivity contribution in [2.45, 2.75) is 16.8 Å². The normalized spacial score (nSPS) is 14.6. The third-order valence-corrected chi connectivity index (χ3v) is 6.21. The van der Waals surface area contributed by atoms with Gasteiger partial charge in [-0.1, -0.05) is 53.7 Å². The molecule has 0 saturated heterocycles. The highest BCUT2D eigenvalue weighted by molar-refractivity contribution is 7.99. The topological polar surface area (TPSA) is 51.5 Å². The minimum Gasteiger partial charge on any atom is -0.402 e. The zero-order valence-corrected chi connectivity index (χ0v) is 18.7. The summed E-state index contributed by atoms with van der Waals surface area (Å²) in [5.74, 6) is -0.228. The van der Waals surface area contributed by atoms with E-state index in [0.717, 1.165) is 32.0 Å². The Labute approximate surface area is 194 Å². The highest BCUT2D eigenvalue weighted by Gasteiger charge is 2.24. The SMILES string of the molecule is Cc1ccc2cc(/C=C3/N=C(c4ccc(Cl)cc4)OC3=O)c(Sc3ccccc3)nc2c1. The van der Waals surface area contributed by atoms with Gasteiger partial charge in [0.05, 0.1) is 5.52 Å². The molecule has 0 radical (unpaired) electrons. The van der Waals surface area contributed by atoms with Crippen LogP contribution in [0, 0.1) is 6.92 Å². The molecule has 6 heteroatoms. The summed E-state index contributed by atoms with van der Waals surface area (Å²) in [6.45, 7) is 2.04. The number of carbonyl (C=O) groups is 1. The van der Waals surface area contributed by atoms with E-state index in [1.54, 1.807) is 42.1 Å². The summed E-state index contributed by atoms with van der Waals surface area (Å²) < 4.78 is 5.41. The Hall–Kier alpha value is -3.41. The zero-order chi connectivity index (χ0) is 22.1. The quantitative estimate of drug-likeness (QED) is 0.253. The Morgan fingerprint density at radius 3 is 2.53 bits per heavy atom. The van der Waals surface area contributed by atoms with Gasteiger partial charge in [-0.15, -0.1) is 0 Å². The van der Waals surface area contributed by atoms with Crippen LogP contribution in [-0.4, -0.2) is 16.9 Å². The number of rotatable bonds is 4. The summed E-state index contributed by atoms with van der Waals surface area (Å²) in [4.78, 5) is 22.9. The van der Waals surface area contributed by atoms with Crippen LogP contribution in [0.15, 0.2) is 99.5 Å². The lowest BCUT2D eigenvalue weighted by Crippen LogP contribution is -2.05. The first-order valence-corrected chi connectivity index (χ1v) is 11.2. The second-order valence-electron chi connectivity index (χ2n) is 7.34. The van der Waals surface area contributed by atoms with Crippen molar-refractivity contribution in [3.63, 3.8) is 0 Å². The van der Waals surface area contributed by atoms with Gasteiger partial charge < -0.3 is 4.74 Å². The Balaban J connectivity index is 1.59. The van der Waals surface area contributed by atoms with E-state index in [4.69, 9.17) is 21.3 Å². The molecule has 0 N–H and O–H groups in total. The van der Waals surface area contributed by atoms with E-state index in [1.165, 1.54) is 0 Å². The molecular formula is C26H17ClN2O2S. The third kappa shape index (κ3) is 4.31. The maximum atomic E-state index is 12.5. The molecule has 0 spiro atoms. The molecule has 0 saturated carbocycles. The van der Waals surface area contributed by atoms with Crippen molar-refractivity contribution < 1.29 is 9.53 Å². The van der Waals surface area contributed by atoms with Crippen LogP contribution >= 0.6 is 23.4 Å². The summed E-state index contributed by atoms with van der Waals surface area (Å²) in [5.41, 5.74) is 3.78. The molecule has 0 bridgehead atoms. The molecule has 2 heterocycles. The van der Waals surface area contributed by atoms with Crippen molar-refractivity contribution in [2.24, 2.45) is 4.99 Å². The van der Waals surface area contributed by atoms with Crippen LogP contribution in [0.3, 0.4) is 0 Å². The maximum Gasteiger partial charge on any atom is 0.363 e. The predicted molar refractivity (Wildman–Crippen MR) is 129 cm³/mol. The number of aliphatic imine (C=N–C) groups is 1. The smallest absolute Gasteiger partial charge is 0.363 e. The molecule has 5 rings (SSSR count). The van der Waals surface area contributed by atoms with E-state index in [1.807, 2.05) is 55.5 Å². The third-order valence-electron chi connectivity index (χ3n) is 4.93. The fourth-order valence-electron chi connectivity index (χ4n) is 3.33. The van der Waals surface area contributed by atoms with Gasteiger partial charge in [-0.3, -0.25) is 0 Å². The number of ether oxygens (including phenoxy) is 1. The van der Waals surface area contributed by atoms with Gasteiger partial charge in [0.2, 0.25) is 5.90 Å². The standard InChI is InChI=1S/C26H17ClN2O2S/c1-16-7-8-18-14-19(25(29-22(18)13-16)32-21-5-3-2-4-6-21)15-23-26(30)31-24(28-23)17-9-11-20(27)12-10-17/h2-15H,1H3/b23-15+. The molecule has 0 unspecified atom stereocenters. The molecule has 32 heavy (non-hydrogen) atoms. The number of hydrogen-bond donors (Lipinski definition) is 0.